The number of rotatable bonds is 4. The molecule has 0 aliphatic rings. The van der Waals surface area contributed by atoms with Crippen molar-refractivity contribution >= 4 is 17.3 Å². The Labute approximate surface area is 119 Å². The van der Waals surface area contributed by atoms with Crippen LogP contribution in [-0.2, 0) is 7.05 Å². The molecule has 1 heterocycles. The zero-order chi connectivity index (χ0) is 15.6. The lowest BCUT2D eigenvalue weighted by Crippen LogP contribution is -2.29. The van der Waals surface area contributed by atoms with Gasteiger partial charge in [0.2, 0.25) is 0 Å². The molecular formula is C12H14N6O3. The van der Waals surface area contributed by atoms with Crippen molar-refractivity contribution in [3.8, 4) is 0 Å². The van der Waals surface area contributed by atoms with Gasteiger partial charge in [0.1, 0.15) is 11.9 Å². The Kier molecular flexibility index (Phi) is 3.83. The number of nitrogen functional groups attached to an aromatic ring is 1. The number of nitrogens with zero attached hydrogens (tertiary/aromatic N) is 4. The van der Waals surface area contributed by atoms with E-state index < -0.39 is 16.9 Å². The van der Waals surface area contributed by atoms with E-state index in [9.17, 15) is 14.9 Å². The van der Waals surface area contributed by atoms with Gasteiger partial charge >= 0.3 is 0 Å². The Morgan fingerprint density at radius 1 is 1.52 bits per heavy atom. The van der Waals surface area contributed by atoms with Gasteiger partial charge in [0.15, 0.2) is 5.82 Å². The lowest BCUT2D eigenvalue weighted by molar-refractivity contribution is -0.385. The third kappa shape index (κ3) is 2.96. The zero-order valence-corrected chi connectivity index (χ0v) is 11.5. The average Bonchev–Trinajstić information content (AvgIpc) is 2.84. The lowest BCUT2D eigenvalue weighted by Gasteiger charge is -2.13. The molecular weight excluding hydrogens is 276 g/mol. The van der Waals surface area contributed by atoms with Gasteiger partial charge in [-0.2, -0.15) is 0 Å². The van der Waals surface area contributed by atoms with Gasteiger partial charge in [-0.3, -0.25) is 14.9 Å². The molecule has 3 N–H and O–H groups in total. The second kappa shape index (κ2) is 5.57. The molecule has 1 atom stereocenters. The average molecular weight is 290 g/mol. The highest BCUT2D eigenvalue weighted by Crippen LogP contribution is 2.22. The molecule has 2 aromatic rings. The molecule has 2 rings (SSSR count). The maximum absolute atomic E-state index is 12.2. The standard InChI is InChI=1S/C12H14N6O3/c1-7(11-16-14-6-17(11)2)15-12(19)9-5-8(13)3-4-10(9)18(20)21/h3-7H,13H2,1-2H3,(H,15,19). The zero-order valence-electron chi connectivity index (χ0n) is 11.5. The number of benzene rings is 1. The summed E-state index contributed by atoms with van der Waals surface area (Å²) in [5.74, 6) is -0.0561. The minimum Gasteiger partial charge on any atom is -0.399 e. The Balaban J connectivity index is 2.27. The molecule has 1 amide bonds. The summed E-state index contributed by atoms with van der Waals surface area (Å²) in [4.78, 5) is 22.6. The summed E-state index contributed by atoms with van der Waals surface area (Å²) in [5.41, 5.74) is 5.47. The molecule has 0 saturated heterocycles. The summed E-state index contributed by atoms with van der Waals surface area (Å²) in [6.07, 6.45) is 1.50. The fourth-order valence-electron chi connectivity index (χ4n) is 1.92. The second-order valence-corrected chi connectivity index (χ2v) is 4.53. The quantitative estimate of drug-likeness (QED) is 0.486. The van der Waals surface area contributed by atoms with Crippen LogP contribution in [0.3, 0.4) is 0 Å². The maximum atomic E-state index is 12.2. The van der Waals surface area contributed by atoms with Crippen LogP contribution in [0.4, 0.5) is 11.4 Å². The van der Waals surface area contributed by atoms with Crippen molar-refractivity contribution in [2.45, 2.75) is 13.0 Å². The minimum atomic E-state index is -0.624. The normalized spacial score (nSPS) is 11.9. The van der Waals surface area contributed by atoms with Crippen LogP contribution in [0.25, 0.3) is 0 Å². The summed E-state index contributed by atoms with van der Waals surface area (Å²) in [5, 5.41) is 21.2. The molecule has 0 radical (unpaired) electrons. The van der Waals surface area contributed by atoms with Crippen LogP contribution in [0.15, 0.2) is 24.5 Å². The van der Waals surface area contributed by atoms with Gasteiger partial charge in [-0.1, -0.05) is 0 Å². The smallest absolute Gasteiger partial charge is 0.282 e. The Morgan fingerprint density at radius 3 is 2.81 bits per heavy atom. The van der Waals surface area contributed by atoms with Gasteiger partial charge in [-0.25, -0.2) is 0 Å². The third-order valence-electron chi connectivity index (χ3n) is 2.94. The van der Waals surface area contributed by atoms with E-state index >= 15 is 0 Å². The first-order chi connectivity index (χ1) is 9.90. The molecule has 0 saturated carbocycles. The molecule has 21 heavy (non-hydrogen) atoms. The van der Waals surface area contributed by atoms with Crippen molar-refractivity contribution < 1.29 is 9.72 Å². The van der Waals surface area contributed by atoms with Crippen molar-refractivity contribution in [1.29, 1.82) is 0 Å². The van der Waals surface area contributed by atoms with Crippen LogP contribution in [0, 0.1) is 10.1 Å². The number of aromatic nitrogens is 3. The highest BCUT2D eigenvalue weighted by Gasteiger charge is 2.23. The molecule has 0 bridgehead atoms. The number of hydrogen-bond donors (Lipinski definition) is 2. The number of amides is 1. The van der Waals surface area contributed by atoms with E-state index in [1.165, 1.54) is 24.5 Å². The van der Waals surface area contributed by atoms with Crippen molar-refractivity contribution in [3.63, 3.8) is 0 Å². The van der Waals surface area contributed by atoms with Gasteiger partial charge in [0.25, 0.3) is 11.6 Å². The lowest BCUT2D eigenvalue weighted by atomic mass is 10.1. The Hall–Kier alpha value is -2.97. The van der Waals surface area contributed by atoms with Crippen LogP contribution in [0.2, 0.25) is 0 Å². The van der Waals surface area contributed by atoms with Crippen molar-refractivity contribution in [3.05, 3.63) is 46.0 Å². The summed E-state index contributed by atoms with van der Waals surface area (Å²) >= 11 is 0. The van der Waals surface area contributed by atoms with Gasteiger partial charge in [-0.15, -0.1) is 10.2 Å². The molecule has 9 nitrogen and oxygen atoms in total. The molecule has 1 aromatic carbocycles. The molecule has 9 heteroatoms. The van der Waals surface area contributed by atoms with Crippen molar-refractivity contribution in [2.75, 3.05) is 5.73 Å². The molecule has 0 spiro atoms. The van der Waals surface area contributed by atoms with E-state index in [4.69, 9.17) is 5.73 Å². The first kappa shape index (κ1) is 14.4. The SMILES string of the molecule is CC(NC(=O)c1cc(N)ccc1[N+](=O)[O-])c1nncn1C. The maximum Gasteiger partial charge on any atom is 0.282 e. The number of nitrogens with one attached hydrogen (secondary N) is 1. The second-order valence-electron chi connectivity index (χ2n) is 4.53. The van der Waals surface area contributed by atoms with E-state index in [0.717, 1.165) is 0 Å². The number of carbonyl (C=O) groups is 1. The fraction of sp³-hybridized carbons (Fsp3) is 0.250. The predicted molar refractivity (Wildman–Crippen MR) is 74.4 cm³/mol. The van der Waals surface area contributed by atoms with Gasteiger partial charge in [0.05, 0.1) is 11.0 Å². The van der Waals surface area contributed by atoms with E-state index in [0.29, 0.717) is 5.82 Å². The summed E-state index contributed by atoms with van der Waals surface area (Å²) in [6.45, 7) is 1.71. The molecule has 1 unspecified atom stereocenters. The molecule has 110 valence electrons. The summed E-state index contributed by atoms with van der Waals surface area (Å²) < 4.78 is 1.65. The van der Waals surface area contributed by atoms with Crippen LogP contribution in [0.1, 0.15) is 29.1 Å². The minimum absolute atomic E-state index is 0.0889. The molecule has 0 aliphatic heterocycles. The first-order valence-electron chi connectivity index (χ1n) is 6.09. The van der Waals surface area contributed by atoms with Crippen molar-refractivity contribution in [1.82, 2.24) is 20.1 Å². The molecule has 1 aromatic heterocycles. The number of anilines is 1. The van der Waals surface area contributed by atoms with Crippen LogP contribution in [0.5, 0.6) is 0 Å². The monoisotopic (exact) mass is 290 g/mol. The van der Waals surface area contributed by atoms with E-state index in [2.05, 4.69) is 15.5 Å². The highest BCUT2D eigenvalue weighted by molar-refractivity contribution is 5.99. The Bertz CT molecular complexity index is 696. The van der Waals surface area contributed by atoms with E-state index in [1.54, 1.807) is 18.5 Å². The van der Waals surface area contributed by atoms with E-state index in [-0.39, 0.29) is 16.9 Å². The predicted octanol–water partition coefficient (Wildman–Crippen LogP) is 0.796. The van der Waals surface area contributed by atoms with Crippen LogP contribution in [-0.4, -0.2) is 25.6 Å². The summed E-state index contributed by atoms with van der Waals surface area (Å²) in [7, 11) is 1.74. The third-order valence-corrected chi connectivity index (χ3v) is 2.94. The largest absolute Gasteiger partial charge is 0.399 e. The number of carbonyl (C=O) groups excluding carboxylic acids is 1. The topological polar surface area (TPSA) is 129 Å². The van der Waals surface area contributed by atoms with E-state index in [1.807, 2.05) is 0 Å². The molecule has 0 fully saturated rings. The number of nitro groups is 1. The number of hydrogen-bond acceptors (Lipinski definition) is 6. The first-order valence-corrected chi connectivity index (χ1v) is 6.09. The fourth-order valence-corrected chi connectivity index (χ4v) is 1.92. The number of nitro benzene ring substituents is 1. The van der Waals surface area contributed by atoms with Crippen molar-refractivity contribution in [2.24, 2.45) is 7.05 Å². The number of nitrogens with two attached hydrogens (primary N) is 1. The van der Waals surface area contributed by atoms with Gasteiger partial charge < -0.3 is 15.6 Å². The number of aryl methyl sites for hydroxylation is 1. The highest BCUT2D eigenvalue weighted by atomic mass is 16.6. The van der Waals surface area contributed by atoms with Gasteiger partial charge in [0, 0.05) is 18.8 Å². The Morgan fingerprint density at radius 2 is 2.24 bits per heavy atom. The summed E-state index contributed by atoms with van der Waals surface area (Å²) in [6, 6.07) is 3.40. The molecule has 0 aliphatic carbocycles. The van der Waals surface area contributed by atoms with Gasteiger partial charge in [-0.05, 0) is 19.1 Å². The van der Waals surface area contributed by atoms with Crippen LogP contribution >= 0.6 is 0 Å². The van der Waals surface area contributed by atoms with Crippen LogP contribution < -0.4 is 11.1 Å².